The second-order valence-corrected chi connectivity index (χ2v) is 8.15. The van der Waals surface area contributed by atoms with Crippen molar-refractivity contribution in [1.29, 1.82) is 0 Å². The van der Waals surface area contributed by atoms with Crippen LogP contribution in [0.5, 0.6) is 5.75 Å². The van der Waals surface area contributed by atoms with Crippen LogP contribution in [0, 0.1) is 17.0 Å². The smallest absolute Gasteiger partial charge is 0.269 e. The van der Waals surface area contributed by atoms with Gasteiger partial charge in [-0.05, 0) is 61.4 Å². The Morgan fingerprint density at radius 2 is 1.57 bits per heavy atom. The first kappa shape index (κ1) is 23.6. The lowest BCUT2D eigenvalue weighted by molar-refractivity contribution is -0.384. The van der Waals surface area contributed by atoms with Crippen LogP contribution in [0.4, 0.5) is 5.69 Å². The van der Waals surface area contributed by atoms with E-state index in [0.29, 0.717) is 39.4 Å². The van der Waals surface area contributed by atoms with Crippen molar-refractivity contribution >= 4 is 17.3 Å². The zero-order chi connectivity index (χ0) is 25.1. The average Bonchev–Trinajstić information content (AvgIpc) is 3.16. The fourth-order valence-electron chi connectivity index (χ4n) is 4.38. The lowest BCUT2D eigenvalue weighted by Gasteiger charge is -2.14. The first-order valence-corrected chi connectivity index (χ1v) is 11.0. The minimum absolute atomic E-state index is 0.00917. The molecule has 3 aromatic carbocycles. The monoisotopic (exact) mass is 468 g/mol. The number of carbonyl (C=O) groups is 2. The molecule has 35 heavy (non-hydrogen) atoms. The Morgan fingerprint density at radius 3 is 2.11 bits per heavy atom. The highest BCUT2D eigenvalue weighted by Gasteiger charge is 2.27. The van der Waals surface area contributed by atoms with E-state index in [1.165, 1.54) is 19.1 Å². The molecule has 1 heterocycles. The molecular formula is C28H24N2O5. The number of non-ortho nitro benzene ring substituents is 1. The number of Topliss-reactive ketones (excluding diaryl/α,β-unsaturated/α-hetero) is 2. The zero-order valence-electron chi connectivity index (χ0n) is 19.6. The molecular weight excluding hydrogens is 444 g/mol. The van der Waals surface area contributed by atoms with Gasteiger partial charge in [-0.3, -0.25) is 19.7 Å². The minimum Gasteiger partial charge on any atom is -0.497 e. The van der Waals surface area contributed by atoms with Gasteiger partial charge < -0.3 is 9.30 Å². The predicted molar refractivity (Wildman–Crippen MR) is 134 cm³/mol. The molecule has 176 valence electrons. The molecule has 7 nitrogen and oxygen atoms in total. The Kier molecular flexibility index (Phi) is 6.59. The van der Waals surface area contributed by atoms with Crippen LogP contribution in [0.1, 0.15) is 38.9 Å². The Morgan fingerprint density at radius 1 is 0.943 bits per heavy atom. The van der Waals surface area contributed by atoms with E-state index in [0.717, 1.165) is 5.69 Å². The van der Waals surface area contributed by atoms with Crippen LogP contribution in [0.25, 0.3) is 16.9 Å². The first-order valence-electron chi connectivity index (χ1n) is 11.0. The molecule has 0 aliphatic rings. The van der Waals surface area contributed by atoms with Crippen LogP contribution in [0.2, 0.25) is 0 Å². The van der Waals surface area contributed by atoms with Gasteiger partial charge in [-0.1, -0.05) is 30.3 Å². The van der Waals surface area contributed by atoms with E-state index in [1.54, 1.807) is 43.5 Å². The second-order valence-electron chi connectivity index (χ2n) is 8.15. The van der Waals surface area contributed by atoms with Crippen molar-refractivity contribution < 1.29 is 19.2 Å². The molecule has 0 aliphatic carbocycles. The van der Waals surface area contributed by atoms with Gasteiger partial charge in [0.1, 0.15) is 5.75 Å². The molecule has 0 bridgehead atoms. The summed E-state index contributed by atoms with van der Waals surface area (Å²) in [6, 6.07) is 22.4. The lowest BCUT2D eigenvalue weighted by Crippen LogP contribution is -2.08. The third-order valence-electron chi connectivity index (χ3n) is 5.98. The first-order chi connectivity index (χ1) is 16.8. The molecule has 0 aliphatic heterocycles. The number of carbonyl (C=O) groups excluding carboxylic acids is 2. The number of nitro groups is 1. The summed E-state index contributed by atoms with van der Waals surface area (Å²) in [6.45, 7) is 3.32. The van der Waals surface area contributed by atoms with E-state index in [-0.39, 0.29) is 23.7 Å². The molecule has 0 amide bonds. The lowest BCUT2D eigenvalue weighted by atomic mass is 9.95. The summed E-state index contributed by atoms with van der Waals surface area (Å²) in [5, 5.41) is 11.2. The number of ether oxygens (including phenoxy) is 1. The zero-order valence-corrected chi connectivity index (χ0v) is 19.6. The van der Waals surface area contributed by atoms with Gasteiger partial charge in [0.05, 0.1) is 17.7 Å². The van der Waals surface area contributed by atoms with Gasteiger partial charge in [-0.2, -0.15) is 0 Å². The van der Waals surface area contributed by atoms with Crippen LogP contribution < -0.4 is 4.74 Å². The molecule has 0 atom stereocenters. The van der Waals surface area contributed by atoms with Crippen LogP contribution >= 0.6 is 0 Å². The van der Waals surface area contributed by atoms with Crippen molar-refractivity contribution in [2.75, 3.05) is 7.11 Å². The SMILES string of the molecule is COc1ccc(-n2c(C)c(C(C)=O)c(CC(=O)c3ccccc3)c2-c2ccc([N+](=O)[O-])cc2)cc1. The number of hydrogen-bond donors (Lipinski definition) is 0. The molecule has 0 saturated carbocycles. The van der Waals surface area contributed by atoms with E-state index in [4.69, 9.17) is 4.74 Å². The Hall–Kier alpha value is -4.52. The molecule has 0 fully saturated rings. The van der Waals surface area contributed by atoms with E-state index in [1.807, 2.05) is 41.8 Å². The maximum absolute atomic E-state index is 13.2. The van der Waals surface area contributed by atoms with Crippen molar-refractivity contribution in [3.63, 3.8) is 0 Å². The van der Waals surface area contributed by atoms with Crippen LogP contribution in [0.15, 0.2) is 78.9 Å². The van der Waals surface area contributed by atoms with E-state index < -0.39 is 4.92 Å². The Balaban J connectivity index is 1.97. The van der Waals surface area contributed by atoms with Gasteiger partial charge >= 0.3 is 0 Å². The van der Waals surface area contributed by atoms with Gasteiger partial charge in [0.2, 0.25) is 0 Å². The van der Waals surface area contributed by atoms with Gasteiger partial charge in [-0.25, -0.2) is 0 Å². The third kappa shape index (κ3) is 4.61. The molecule has 1 aromatic heterocycles. The van der Waals surface area contributed by atoms with Crippen molar-refractivity contribution in [2.45, 2.75) is 20.3 Å². The van der Waals surface area contributed by atoms with Crippen LogP contribution in [0.3, 0.4) is 0 Å². The van der Waals surface area contributed by atoms with Crippen molar-refractivity contribution in [3.8, 4) is 22.7 Å². The second kappa shape index (κ2) is 9.77. The molecule has 0 N–H and O–H groups in total. The number of hydrogen-bond acceptors (Lipinski definition) is 5. The maximum atomic E-state index is 13.2. The van der Waals surface area contributed by atoms with E-state index in [2.05, 4.69) is 0 Å². The summed E-state index contributed by atoms with van der Waals surface area (Å²) in [6.07, 6.45) is 0.00917. The van der Waals surface area contributed by atoms with Gasteiger partial charge in [0.25, 0.3) is 5.69 Å². The molecule has 0 radical (unpaired) electrons. The molecule has 4 rings (SSSR count). The Bertz CT molecular complexity index is 1400. The highest BCUT2D eigenvalue weighted by Crippen LogP contribution is 2.37. The summed E-state index contributed by atoms with van der Waals surface area (Å²) < 4.78 is 7.20. The number of methoxy groups -OCH3 is 1. The summed E-state index contributed by atoms with van der Waals surface area (Å²) >= 11 is 0. The molecule has 0 unspecified atom stereocenters. The largest absolute Gasteiger partial charge is 0.497 e. The third-order valence-corrected chi connectivity index (χ3v) is 5.98. The fourth-order valence-corrected chi connectivity index (χ4v) is 4.38. The van der Waals surface area contributed by atoms with Gasteiger partial charge in [0, 0.05) is 41.1 Å². The summed E-state index contributed by atoms with van der Waals surface area (Å²) in [7, 11) is 1.58. The van der Waals surface area contributed by atoms with Gasteiger partial charge in [0.15, 0.2) is 11.6 Å². The number of nitro benzene ring substituents is 1. The normalized spacial score (nSPS) is 10.7. The molecule has 0 saturated heterocycles. The maximum Gasteiger partial charge on any atom is 0.269 e. The molecule has 0 spiro atoms. The topological polar surface area (TPSA) is 91.4 Å². The minimum atomic E-state index is -0.460. The number of ketones is 2. The quantitative estimate of drug-likeness (QED) is 0.180. The number of rotatable bonds is 8. The van der Waals surface area contributed by atoms with E-state index >= 15 is 0 Å². The summed E-state index contributed by atoms with van der Waals surface area (Å²) in [5.41, 5.74) is 4.35. The van der Waals surface area contributed by atoms with Crippen LogP contribution in [-0.4, -0.2) is 28.2 Å². The summed E-state index contributed by atoms with van der Waals surface area (Å²) in [5.74, 6) is 0.402. The highest BCUT2D eigenvalue weighted by atomic mass is 16.6. The predicted octanol–water partition coefficient (Wildman–Crippen LogP) is 6.00. The van der Waals surface area contributed by atoms with Gasteiger partial charge in [-0.15, -0.1) is 0 Å². The molecule has 4 aromatic rings. The fraction of sp³-hybridized carbons (Fsp3) is 0.143. The standard InChI is InChI=1S/C28H24N2O5/c1-18-27(19(2)31)25(17-26(32)20-7-5-4-6-8-20)28(21-9-11-23(12-10-21)30(33)34)29(18)22-13-15-24(35-3)16-14-22/h4-16H,17H2,1-3H3. The number of aromatic nitrogens is 1. The summed E-state index contributed by atoms with van der Waals surface area (Å²) in [4.78, 5) is 36.8. The average molecular weight is 469 g/mol. The number of nitrogens with zero attached hydrogens (tertiary/aromatic N) is 2. The number of benzene rings is 3. The van der Waals surface area contributed by atoms with Crippen molar-refractivity contribution in [2.24, 2.45) is 0 Å². The highest BCUT2D eigenvalue weighted by molar-refractivity contribution is 6.04. The van der Waals surface area contributed by atoms with E-state index in [9.17, 15) is 19.7 Å². The van der Waals surface area contributed by atoms with Crippen LogP contribution in [-0.2, 0) is 6.42 Å². The van der Waals surface area contributed by atoms with Crippen molar-refractivity contribution in [3.05, 3.63) is 111 Å². The Labute approximate surface area is 202 Å². The molecule has 7 heteroatoms. The van der Waals surface area contributed by atoms with Crippen molar-refractivity contribution in [1.82, 2.24) is 4.57 Å².